The van der Waals surface area contributed by atoms with Gasteiger partial charge >= 0.3 is 6.09 Å². The molecule has 3 atom stereocenters. The van der Waals surface area contributed by atoms with Crippen molar-refractivity contribution in [2.24, 2.45) is 5.92 Å². The zero-order chi connectivity index (χ0) is 35.5. The Labute approximate surface area is 298 Å². The van der Waals surface area contributed by atoms with Gasteiger partial charge < -0.3 is 35.1 Å². The molecule has 0 radical (unpaired) electrons. The van der Waals surface area contributed by atoms with E-state index in [9.17, 15) is 9.59 Å². The normalized spacial score (nSPS) is 17.9. The number of likely N-dealkylation sites (tertiary alicyclic amines) is 1. The zero-order valence-corrected chi connectivity index (χ0v) is 29.6. The first-order valence-electron chi connectivity index (χ1n) is 17.8. The van der Waals surface area contributed by atoms with Crippen LogP contribution in [0.2, 0.25) is 0 Å². The molecule has 0 saturated carbocycles. The molecule has 5 aromatic rings. The first kappa shape index (κ1) is 34.0. The molecule has 2 amide bonds. The number of rotatable bonds is 10. The van der Waals surface area contributed by atoms with Crippen molar-refractivity contribution in [3.05, 3.63) is 96.8 Å². The lowest BCUT2D eigenvalue weighted by Gasteiger charge is -2.30. The predicted molar refractivity (Wildman–Crippen MR) is 199 cm³/mol. The van der Waals surface area contributed by atoms with Crippen LogP contribution in [-0.4, -0.2) is 70.1 Å². The SMILES string of the molecule is COC(=O)N[C@H](C(=O)N1CCCC1c1ncc(-c2ccc(-c3ccc(-c4cnc(C5CCCN5)[nH]4)cc3)c(N(C)c3ccccc3)c2)[nH]1)C(C)C. The van der Waals surface area contributed by atoms with Crippen LogP contribution in [0.1, 0.15) is 63.3 Å². The van der Waals surface area contributed by atoms with Gasteiger partial charge in [-0.3, -0.25) is 4.79 Å². The summed E-state index contributed by atoms with van der Waals surface area (Å²) in [4.78, 5) is 46.2. The molecule has 2 saturated heterocycles. The largest absolute Gasteiger partial charge is 0.453 e. The topological polar surface area (TPSA) is 131 Å². The molecule has 0 aliphatic carbocycles. The summed E-state index contributed by atoms with van der Waals surface area (Å²) in [7, 11) is 3.39. The highest BCUT2D eigenvalue weighted by atomic mass is 16.5. The molecule has 4 heterocycles. The number of H-pyrrole nitrogens is 2. The number of imidazole rings is 2. The number of hydrogen-bond acceptors (Lipinski definition) is 7. The van der Waals surface area contributed by atoms with Crippen LogP contribution in [0.25, 0.3) is 33.6 Å². The average molecular weight is 687 g/mol. The van der Waals surface area contributed by atoms with Crippen LogP contribution in [0.5, 0.6) is 0 Å². The quantitative estimate of drug-likeness (QED) is 0.121. The summed E-state index contributed by atoms with van der Waals surface area (Å²) in [6, 6.07) is 24.8. The Morgan fingerprint density at radius 2 is 1.57 bits per heavy atom. The van der Waals surface area contributed by atoms with Crippen LogP contribution in [-0.2, 0) is 9.53 Å². The van der Waals surface area contributed by atoms with E-state index in [1.807, 2.05) is 49.3 Å². The van der Waals surface area contributed by atoms with Gasteiger partial charge in [0.1, 0.15) is 17.7 Å². The number of carbonyl (C=O) groups is 2. The number of hydrogen-bond donors (Lipinski definition) is 4. The van der Waals surface area contributed by atoms with Gasteiger partial charge in [0.15, 0.2) is 0 Å². The molecule has 2 unspecified atom stereocenters. The minimum Gasteiger partial charge on any atom is -0.453 e. The lowest BCUT2D eigenvalue weighted by atomic mass is 9.98. The molecule has 4 N–H and O–H groups in total. The third-order valence-electron chi connectivity index (χ3n) is 10.1. The molecule has 11 nitrogen and oxygen atoms in total. The highest BCUT2D eigenvalue weighted by molar-refractivity contribution is 5.87. The van der Waals surface area contributed by atoms with Gasteiger partial charge in [-0.15, -0.1) is 0 Å². The number of methoxy groups -OCH3 is 1. The van der Waals surface area contributed by atoms with Gasteiger partial charge in [0.05, 0.1) is 43.0 Å². The number of aromatic amines is 2. The third-order valence-corrected chi connectivity index (χ3v) is 10.1. The maximum Gasteiger partial charge on any atom is 0.407 e. The number of aromatic nitrogens is 4. The number of nitrogens with zero attached hydrogens (tertiary/aromatic N) is 4. The predicted octanol–water partition coefficient (Wildman–Crippen LogP) is 7.37. The smallest absolute Gasteiger partial charge is 0.407 e. The minimum atomic E-state index is -0.684. The van der Waals surface area contributed by atoms with E-state index in [2.05, 4.69) is 92.1 Å². The monoisotopic (exact) mass is 686 g/mol. The molecular formula is C40H46N8O3. The van der Waals surface area contributed by atoms with Crippen molar-refractivity contribution < 1.29 is 14.3 Å². The third kappa shape index (κ3) is 7.12. The van der Waals surface area contributed by atoms with Crippen molar-refractivity contribution in [3.8, 4) is 33.6 Å². The molecular weight excluding hydrogens is 640 g/mol. The van der Waals surface area contributed by atoms with Crippen molar-refractivity contribution in [3.63, 3.8) is 0 Å². The van der Waals surface area contributed by atoms with E-state index in [1.54, 1.807) is 0 Å². The fraction of sp³-hybridized carbons (Fsp3) is 0.350. The van der Waals surface area contributed by atoms with Crippen molar-refractivity contribution in [1.29, 1.82) is 0 Å². The number of nitrogens with one attached hydrogen (secondary N) is 4. The lowest BCUT2D eigenvalue weighted by Crippen LogP contribution is -2.51. The van der Waals surface area contributed by atoms with E-state index in [-0.39, 0.29) is 17.9 Å². The molecule has 7 rings (SSSR count). The molecule has 2 aliphatic heterocycles. The second kappa shape index (κ2) is 14.8. The summed E-state index contributed by atoms with van der Waals surface area (Å²) >= 11 is 0. The summed E-state index contributed by atoms with van der Waals surface area (Å²) in [6.45, 7) is 5.47. The van der Waals surface area contributed by atoms with Crippen LogP contribution in [0.3, 0.4) is 0 Å². The summed E-state index contributed by atoms with van der Waals surface area (Å²) in [6.07, 6.45) is 7.08. The molecule has 0 bridgehead atoms. The standard InChI is InChI=1S/C40H46N8O3/c1-25(2)36(46-40(50)51-4)39(49)48-21-9-13-34(48)38-43-24-33(45-38)28-18-19-30(35(22-28)47(3)29-10-6-5-7-11-29)26-14-16-27(17-15-26)32-23-42-37(44-32)31-12-8-20-41-31/h5-7,10-11,14-19,22-25,31,34,36,41H,8-9,12-13,20-21H2,1-4H3,(H,42,44)(H,43,45)(H,46,50)/t31?,34?,36-/m0/s1. The molecule has 0 spiro atoms. The number of alkyl carbamates (subject to hydrolysis) is 1. The van der Waals surface area contributed by atoms with Gasteiger partial charge in [-0.2, -0.15) is 0 Å². The van der Waals surface area contributed by atoms with Crippen LogP contribution >= 0.6 is 0 Å². The second-order valence-corrected chi connectivity index (χ2v) is 13.8. The Hall–Kier alpha value is -5.42. The Balaban J connectivity index is 1.17. The zero-order valence-electron chi connectivity index (χ0n) is 29.6. The van der Waals surface area contributed by atoms with E-state index in [0.717, 1.165) is 82.5 Å². The first-order chi connectivity index (χ1) is 24.8. The van der Waals surface area contributed by atoms with Gasteiger partial charge in [0.25, 0.3) is 0 Å². The number of ether oxygens (including phenoxy) is 1. The second-order valence-electron chi connectivity index (χ2n) is 13.8. The number of amides is 2. The van der Waals surface area contributed by atoms with Crippen LogP contribution in [0, 0.1) is 5.92 Å². The van der Waals surface area contributed by atoms with E-state index < -0.39 is 12.1 Å². The van der Waals surface area contributed by atoms with Gasteiger partial charge in [0.2, 0.25) is 5.91 Å². The van der Waals surface area contributed by atoms with Gasteiger partial charge in [-0.1, -0.05) is 68.4 Å². The maximum atomic E-state index is 13.7. The summed E-state index contributed by atoms with van der Waals surface area (Å²) in [5.41, 5.74) is 8.28. The van der Waals surface area contributed by atoms with Crippen molar-refractivity contribution in [2.75, 3.05) is 32.1 Å². The Morgan fingerprint density at radius 3 is 2.27 bits per heavy atom. The molecule has 51 heavy (non-hydrogen) atoms. The Morgan fingerprint density at radius 1 is 0.882 bits per heavy atom. The molecule has 2 fully saturated rings. The first-order valence-corrected chi connectivity index (χ1v) is 17.8. The van der Waals surface area contributed by atoms with E-state index in [0.29, 0.717) is 12.6 Å². The van der Waals surface area contributed by atoms with E-state index in [1.165, 1.54) is 13.5 Å². The van der Waals surface area contributed by atoms with E-state index in [4.69, 9.17) is 9.72 Å². The molecule has 2 aliphatic rings. The Bertz CT molecular complexity index is 1960. The molecule has 264 valence electrons. The highest BCUT2D eigenvalue weighted by Crippen LogP contribution is 2.39. The van der Waals surface area contributed by atoms with Gasteiger partial charge in [0, 0.05) is 36.1 Å². The maximum absolute atomic E-state index is 13.7. The summed E-state index contributed by atoms with van der Waals surface area (Å²) in [5, 5.41) is 6.24. The van der Waals surface area contributed by atoms with Crippen LogP contribution in [0.4, 0.5) is 16.2 Å². The summed E-state index contributed by atoms with van der Waals surface area (Å²) < 4.78 is 4.79. The minimum absolute atomic E-state index is 0.0998. The van der Waals surface area contributed by atoms with Gasteiger partial charge in [-0.25, -0.2) is 14.8 Å². The number of anilines is 2. The Kier molecular flexibility index (Phi) is 9.90. The van der Waals surface area contributed by atoms with E-state index >= 15 is 0 Å². The fourth-order valence-corrected chi connectivity index (χ4v) is 7.26. The number of para-hydroxylation sites is 1. The van der Waals surface area contributed by atoms with Crippen molar-refractivity contribution >= 4 is 23.4 Å². The molecule has 3 aromatic carbocycles. The van der Waals surface area contributed by atoms with Gasteiger partial charge in [-0.05, 0) is 67.5 Å². The van der Waals surface area contributed by atoms with Crippen molar-refractivity contribution in [2.45, 2.75) is 57.7 Å². The summed E-state index contributed by atoms with van der Waals surface area (Å²) in [5.74, 6) is 1.51. The van der Waals surface area contributed by atoms with Crippen molar-refractivity contribution in [1.82, 2.24) is 35.5 Å². The fourth-order valence-electron chi connectivity index (χ4n) is 7.26. The molecule has 2 aromatic heterocycles. The van der Waals surface area contributed by atoms with Crippen LogP contribution in [0.15, 0.2) is 85.2 Å². The number of carbonyl (C=O) groups excluding carboxylic acids is 2. The lowest BCUT2D eigenvalue weighted by molar-refractivity contribution is -0.135. The molecule has 11 heteroatoms. The highest BCUT2D eigenvalue weighted by Gasteiger charge is 2.37. The number of benzene rings is 3. The average Bonchev–Trinajstić information content (AvgIpc) is 4.00. The van der Waals surface area contributed by atoms with Crippen LogP contribution < -0.4 is 15.5 Å².